The first-order chi connectivity index (χ1) is 10.7. The van der Waals surface area contributed by atoms with E-state index in [-0.39, 0.29) is 17.9 Å². The van der Waals surface area contributed by atoms with Crippen LogP contribution in [0.4, 0.5) is 0 Å². The van der Waals surface area contributed by atoms with E-state index in [0.717, 1.165) is 25.7 Å². The van der Waals surface area contributed by atoms with Gasteiger partial charge in [0.15, 0.2) is 0 Å². The van der Waals surface area contributed by atoms with Gasteiger partial charge in [0.1, 0.15) is 6.26 Å². The fourth-order valence-corrected chi connectivity index (χ4v) is 3.19. The summed E-state index contributed by atoms with van der Waals surface area (Å²) in [6, 6.07) is 1.87. The van der Waals surface area contributed by atoms with E-state index < -0.39 is 0 Å². The first-order valence-corrected chi connectivity index (χ1v) is 8.00. The molecule has 1 aromatic heterocycles. The van der Waals surface area contributed by atoms with Gasteiger partial charge in [0.05, 0.1) is 11.8 Å². The fourth-order valence-electron chi connectivity index (χ4n) is 3.19. The highest BCUT2D eigenvalue weighted by molar-refractivity contribution is 5.93. The van der Waals surface area contributed by atoms with Crippen LogP contribution in [-0.4, -0.2) is 35.8 Å². The second-order valence-electron chi connectivity index (χ2n) is 6.12. The van der Waals surface area contributed by atoms with E-state index in [1.807, 2.05) is 4.90 Å². The van der Waals surface area contributed by atoms with Gasteiger partial charge in [0.25, 0.3) is 5.91 Å². The summed E-state index contributed by atoms with van der Waals surface area (Å²) in [6.45, 7) is 1.36. The third kappa shape index (κ3) is 3.59. The van der Waals surface area contributed by atoms with Crippen molar-refractivity contribution in [3.05, 3.63) is 36.3 Å². The third-order valence-electron chi connectivity index (χ3n) is 4.48. The Bertz CT molecular complexity index is 542. The zero-order valence-electron chi connectivity index (χ0n) is 12.7. The molecular weight excluding hydrogens is 280 g/mol. The van der Waals surface area contributed by atoms with E-state index >= 15 is 0 Å². The summed E-state index contributed by atoms with van der Waals surface area (Å²) in [5.41, 5.74) is 0.593. The fraction of sp³-hybridized carbons (Fsp3) is 0.529. The highest BCUT2D eigenvalue weighted by atomic mass is 16.3. The van der Waals surface area contributed by atoms with Crippen molar-refractivity contribution >= 4 is 11.8 Å². The molecule has 1 atom stereocenters. The van der Waals surface area contributed by atoms with Crippen LogP contribution in [0.5, 0.6) is 0 Å². The molecule has 2 heterocycles. The van der Waals surface area contributed by atoms with Crippen LogP contribution in [0.25, 0.3) is 0 Å². The lowest BCUT2D eigenvalue weighted by molar-refractivity contribution is -0.122. The van der Waals surface area contributed by atoms with Gasteiger partial charge in [0, 0.05) is 25.6 Å². The van der Waals surface area contributed by atoms with E-state index in [0.29, 0.717) is 31.0 Å². The Morgan fingerprint density at radius 3 is 2.73 bits per heavy atom. The summed E-state index contributed by atoms with van der Waals surface area (Å²) < 4.78 is 4.95. The minimum Gasteiger partial charge on any atom is -0.472 e. The van der Waals surface area contributed by atoms with Gasteiger partial charge in [-0.3, -0.25) is 9.59 Å². The lowest BCUT2D eigenvalue weighted by Gasteiger charge is -2.32. The van der Waals surface area contributed by atoms with Crippen molar-refractivity contribution in [2.45, 2.75) is 38.1 Å². The van der Waals surface area contributed by atoms with Crippen molar-refractivity contribution in [2.24, 2.45) is 5.92 Å². The van der Waals surface area contributed by atoms with Gasteiger partial charge >= 0.3 is 0 Å². The molecule has 1 aliphatic heterocycles. The van der Waals surface area contributed by atoms with Crippen LogP contribution in [0.3, 0.4) is 0 Å². The average molecular weight is 302 g/mol. The van der Waals surface area contributed by atoms with E-state index in [2.05, 4.69) is 17.5 Å². The maximum absolute atomic E-state index is 12.2. The Morgan fingerprint density at radius 1 is 1.27 bits per heavy atom. The molecule has 1 N–H and O–H groups in total. The molecule has 0 spiro atoms. The molecule has 0 radical (unpaired) electrons. The minimum absolute atomic E-state index is 0.00891. The van der Waals surface area contributed by atoms with Crippen LogP contribution in [0.15, 0.2) is 35.2 Å². The van der Waals surface area contributed by atoms with Crippen LogP contribution in [0.1, 0.15) is 42.5 Å². The molecule has 3 rings (SSSR count). The van der Waals surface area contributed by atoms with Crippen molar-refractivity contribution in [1.82, 2.24) is 10.2 Å². The summed E-state index contributed by atoms with van der Waals surface area (Å²) in [5, 5.41) is 3.11. The van der Waals surface area contributed by atoms with Gasteiger partial charge in [0.2, 0.25) is 5.91 Å². The quantitative estimate of drug-likeness (QED) is 0.868. The smallest absolute Gasteiger partial charge is 0.257 e. The molecule has 0 saturated carbocycles. The highest BCUT2D eigenvalue weighted by Crippen LogP contribution is 2.21. The number of rotatable bonds is 4. The second kappa shape index (κ2) is 6.81. The molecule has 118 valence electrons. The first kappa shape index (κ1) is 14.9. The Hall–Kier alpha value is -2.04. The van der Waals surface area contributed by atoms with Crippen LogP contribution < -0.4 is 5.32 Å². The Labute approximate surface area is 130 Å². The number of likely N-dealkylation sites (tertiary alicyclic amines) is 1. The summed E-state index contributed by atoms with van der Waals surface area (Å²) in [7, 11) is 0. The zero-order chi connectivity index (χ0) is 15.4. The number of hydrogen-bond donors (Lipinski definition) is 1. The Morgan fingerprint density at radius 2 is 2.09 bits per heavy atom. The Balaban J connectivity index is 1.42. The third-order valence-corrected chi connectivity index (χ3v) is 4.48. The normalized spacial score (nSPS) is 22.0. The molecule has 2 aliphatic rings. The number of piperidine rings is 1. The zero-order valence-corrected chi connectivity index (χ0v) is 12.7. The van der Waals surface area contributed by atoms with E-state index in [1.54, 1.807) is 6.07 Å². The Kier molecular flexibility index (Phi) is 4.61. The number of nitrogens with zero attached hydrogens (tertiary/aromatic N) is 1. The number of nitrogens with one attached hydrogen (secondary N) is 1. The minimum atomic E-state index is 0.00891. The van der Waals surface area contributed by atoms with Crippen molar-refractivity contribution in [1.29, 1.82) is 0 Å². The van der Waals surface area contributed by atoms with Crippen molar-refractivity contribution in [2.75, 3.05) is 13.1 Å². The molecule has 1 saturated heterocycles. The summed E-state index contributed by atoms with van der Waals surface area (Å²) >= 11 is 0. The molecule has 2 amide bonds. The maximum Gasteiger partial charge on any atom is 0.257 e. The number of allylic oxidation sites excluding steroid dienone is 2. The predicted octanol–water partition coefficient (Wildman–Crippen LogP) is 2.36. The topological polar surface area (TPSA) is 62.6 Å². The molecule has 0 aromatic carbocycles. The van der Waals surface area contributed by atoms with Crippen LogP contribution in [0.2, 0.25) is 0 Å². The molecular formula is C17H22N2O3. The number of hydrogen-bond acceptors (Lipinski definition) is 3. The van der Waals surface area contributed by atoms with Crippen LogP contribution >= 0.6 is 0 Å². The van der Waals surface area contributed by atoms with Gasteiger partial charge < -0.3 is 14.6 Å². The standard InChI is InChI=1S/C17H22N2O3/c20-16(11-13-3-1-2-4-13)18-15-5-8-19(9-6-15)17(21)14-7-10-22-12-14/h1,3,7,10,12-13,15H,2,4-6,8-9,11H2,(H,18,20). The van der Waals surface area contributed by atoms with E-state index in [9.17, 15) is 9.59 Å². The first-order valence-electron chi connectivity index (χ1n) is 8.00. The maximum atomic E-state index is 12.2. The molecule has 1 aromatic rings. The molecule has 5 nitrogen and oxygen atoms in total. The largest absolute Gasteiger partial charge is 0.472 e. The number of amides is 2. The van der Waals surface area contributed by atoms with Crippen LogP contribution in [0, 0.1) is 5.92 Å². The van der Waals surface area contributed by atoms with Gasteiger partial charge in [-0.1, -0.05) is 12.2 Å². The van der Waals surface area contributed by atoms with Gasteiger partial charge in [-0.15, -0.1) is 0 Å². The summed E-state index contributed by atoms with van der Waals surface area (Å²) in [6.07, 6.45) is 11.7. The van der Waals surface area contributed by atoms with Gasteiger partial charge in [-0.25, -0.2) is 0 Å². The molecule has 1 fully saturated rings. The van der Waals surface area contributed by atoms with E-state index in [4.69, 9.17) is 4.42 Å². The summed E-state index contributed by atoms with van der Waals surface area (Å²) in [5.74, 6) is 0.550. The molecule has 5 heteroatoms. The number of carbonyl (C=O) groups excluding carboxylic acids is 2. The highest BCUT2D eigenvalue weighted by Gasteiger charge is 2.25. The molecule has 0 bridgehead atoms. The lowest BCUT2D eigenvalue weighted by atomic mass is 10.0. The lowest BCUT2D eigenvalue weighted by Crippen LogP contribution is -2.46. The molecule has 1 unspecified atom stereocenters. The second-order valence-corrected chi connectivity index (χ2v) is 6.12. The number of carbonyl (C=O) groups is 2. The van der Waals surface area contributed by atoms with E-state index in [1.165, 1.54) is 12.5 Å². The van der Waals surface area contributed by atoms with Crippen molar-refractivity contribution in [3.8, 4) is 0 Å². The SMILES string of the molecule is O=C(CC1C=CCC1)NC1CCN(C(=O)c2ccoc2)CC1. The van der Waals surface area contributed by atoms with Crippen LogP contribution in [-0.2, 0) is 4.79 Å². The van der Waals surface area contributed by atoms with Gasteiger partial charge in [-0.05, 0) is 37.7 Å². The monoisotopic (exact) mass is 302 g/mol. The van der Waals surface area contributed by atoms with Gasteiger partial charge in [-0.2, -0.15) is 0 Å². The molecule has 1 aliphatic carbocycles. The van der Waals surface area contributed by atoms with Crippen molar-refractivity contribution < 1.29 is 14.0 Å². The number of furan rings is 1. The average Bonchev–Trinajstić information content (AvgIpc) is 3.20. The summed E-state index contributed by atoms with van der Waals surface area (Å²) in [4.78, 5) is 26.0. The predicted molar refractivity (Wildman–Crippen MR) is 82.3 cm³/mol. The molecule has 22 heavy (non-hydrogen) atoms. The van der Waals surface area contributed by atoms with Crippen molar-refractivity contribution in [3.63, 3.8) is 0 Å².